The van der Waals surface area contributed by atoms with Gasteiger partial charge in [-0.05, 0) is 29.0 Å². The van der Waals surface area contributed by atoms with Crippen molar-refractivity contribution in [1.82, 2.24) is 0 Å². The summed E-state index contributed by atoms with van der Waals surface area (Å²) >= 11 is 0. The molecule has 54 valence electrons. The summed E-state index contributed by atoms with van der Waals surface area (Å²) in [7, 11) is 0. The molecule has 2 aromatic rings. The molecule has 0 aliphatic rings. The second-order valence-corrected chi connectivity index (χ2v) is 2.50. The summed E-state index contributed by atoms with van der Waals surface area (Å²) in [5.41, 5.74) is 0.578. The van der Waals surface area contributed by atoms with E-state index in [1.807, 2.05) is 24.3 Å². The van der Waals surface area contributed by atoms with Gasteiger partial charge in [0.2, 0.25) is 0 Å². The smallest absolute Gasteiger partial charge is 0.0998 e. The van der Waals surface area contributed by atoms with Gasteiger partial charge < -0.3 is 0 Å². The standard InChI is InChI=1S/C11H5N/c12-8-9-5-6-10-3-1-2-4-11(10)7-9/h2-6H. The molecule has 0 spiro atoms. The van der Waals surface area contributed by atoms with Crippen molar-refractivity contribution in [2.24, 2.45) is 0 Å². The van der Waals surface area contributed by atoms with Crippen LogP contribution in [0.5, 0.6) is 0 Å². The Labute approximate surface area is 70.9 Å². The molecule has 0 aromatic heterocycles. The highest BCUT2D eigenvalue weighted by atomic mass is 14.2. The van der Waals surface area contributed by atoms with E-state index in [9.17, 15) is 0 Å². The van der Waals surface area contributed by atoms with Gasteiger partial charge in [-0.3, -0.25) is 0 Å². The van der Waals surface area contributed by atoms with E-state index in [0.717, 1.165) is 10.8 Å². The molecule has 2 radical (unpaired) electrons. The van der Waals surface area contributed by atoms with Crippen LogP contribution in [0.3, 0.4) is 0 Å². The van der Waals surface area contributed by atoms with Crippen LogP contribution in [-0.2, 0) is 0 Å². The van der Waals surface area contributed by atoms with Crippen molar-refractivity contribution >= 4 is 10.8 Å². The number of hydrogen-bond donors (Lipinski definition) is 0. The highest BCUT2D eigenvalue weighted by Crippen LogP contribution is 2.13. The van der Waals surface area contributed by atoms with Gasteiger partial charge in [-0.1, -0.05) is 18.2 Å². The number of benzene rings is 2. The van der Waals surface area contributed by atoms with Crippen LogP contribution in [0.4, 0.5) is 0 Å². The molecule has 0 heterocycles. The van der Waals surface area contributed by atoms with Crippen LogP contribution >= 0.6 is 0 Å². The minimum atomic E-state index is 0.578. The fourth-order valence-corrected chi connectivity index (χ4v) is 1.12. The highest BCUT2D eigenvalue weighted by molar-refractivity contribution is 5.82. The van der Waals surface area contributed by atoms with E-state index in [-0.39, 0.29) is 0 Å². The minimum Gasteiger partial charge on any atom is -0.192 e. The van der Waals surface area contributed by atoms with Gasteiger partial charge in [-0.25, -0.2) is 0 Å². The van der Waals surface area contributed by atoms with Crippen LogP contribution in [0, 0.1) is 23.5 Å². The zero-order chi connectivity index (χ0) is 8.39. The third-order valence-electron chi connectivity index (χ3n) is 1.72. The van der Waals surface area contributed by atoms with Crippen LogP contribution < -0.4 is 0 Å². The SMILES string of the molecule is N#Cc1[c]c2cc[c]cc2cc1. The molecule has 0 fully saturated rings. The molecule has 0 aliphatic carbocycles. The zero-order valence-corrected chi connectivity index (χ0v) is 6.33. The molecule has 0 N–H and O–H groups in total. The van der Waals surface area contributed by atoms with Crippen molar-refractivity contribution in [3.8, 4) is 6.07 Å². The Bertz CT molecular complexity index is 452. The fourth-order valence-electron chi connectivity index (χ4n) is 1.12. The van der Waals surface area contributed by atoms with E-state index in [2.05, 4.69) is 18.2 Å². The molecule has 0 unspecified atom stereocenters. The minimum absolute atomic E-state index is 0.578. The van der Waals surface area contributed by atoms with Crippen molar-refractivity contribution in [2.75, 3.05) is 0 Å². The van der Waals surface area contributed by atoms with E-state index in [1.165, 1.54) is 0 Å². The van der Waals surface area contributed by atoms with Crippen molar-refractivity contribution < 1.29 is 0 Å². The average Bonchev–Trinajstić information content (AvgIpc) is 2.17. The van der Waals surface area contributed by atoms with Crippen molar-refractivity contribution in [3.63, 3.8) is 0 Å². The highest BCUT2D eigenvalue weighted by Gasteiger charge is 1.93. The Morgan fingerprint density at radius 1 is 1.25 bits per heavy atom. The van der Waals surface area contributed by atoms with Gasteiger partial charge >= 0.3 is 0 Å². The number of nitrogens with zero attached hydrogens (tertiary/aromatic N) is 1. The lowest BCUT2D eigenvalue weighted by Gasteiger charge is -1.94. The zero-order valence-electron chi connectivity index (χ0n) is 6.33. The van der Waals surface area contributed by atoms with Gasteiger partial charge in [0.05, 0.1) is 11.6 Å². The maximum Gasteiger partial charge on any atom is 0.0998 e. The molecule has 0 saturated heterocycles. The molecule has 0 atom stereocenters. The van der Waals surface area contributed by atoms with Crippen molar-refractivity contribution in [1.29, 1.82) is 5.26 Å². The van der Waals surface area contributed by atoms with Gasteiger partial charge in [0.1, 0.15) is 0 Å². The third-order valence-corrected chi connectivity index (χ3v) is 1.72. The van der Waals surface area contributed by atoms with Gasteiger partial charge in [-0.2, -0.15) is 5.26 Å². The molecule has 1 nitrogen and oxygen atoms in total. The molecule has 0 aliphatic heterocycles. The predicted octanol–water partition coefficient (Wildman–Crippen LogP) is 2.31. The first kappa shape index (κ1) is 6.87. The molecule has 0 bridgehead atoms. The number of fused-ring (bicyclic) bond motifs is 1. The lowest BCUT2D eigenvalue weighted by Crippen LogP contribution is -1.75. The molecule has 2 aromatic carbocycles. The van der Waals surface area contributed by atoms with E-state index in [1.54, 1.807) is 6.07 Å². The summed E-state index contributed by atoms with van der Waals surface area (Å²) in [6.07, 6.45) is 0. The van der Waals surface area contributed by atoms with Crippen LogP contribution in [0.25, 0.3) is 10.8 Å². The summed E-state index contributed by atoms with van der Waals surface area (Å²) in [4.78, 5) is 0. The van der Waals surface area contributed by atoms with E-state index in [0.29, 0.717) is 5.56 Å². The third kappa shape index (κ3) is 1.04. The second kappa shape index (κ2) is 2.67. The normalized spacial score (nSPS) is 9.58. The average molecular weight is 151 g/mol. The van der Waals surface area contributed by atoms with Gasteiger partial charge in [0.15, 0.2) is 0 Å². The summed E-state index contributed by atoms with van der Waals surface area (Å²) in [6.45, 7) is 0. The Morgan fingerprint density at radius 3 is 3.00 bits per heavy atom. The van der Waals surface area contributed by atoms with Crippen LogP contribution in [0.2, 0.25) is 0 Å². The summed E-state index contributed by atoms with van der Waals surface area (Å²) in [5.74, 6) is 0. The monoisotopic (exact) mass is 151 g/mol. The molecule has 0 saturated carbocycles. The molecule has 1 heteroatoms. The Kier molecular flexibility index (Phi) is 1.53. The molecular formula is C11H5N. The predicted molar refractivity (Wildman–Crippen MR) is 46.3 cm³/mol. The first-order chi connectivity index (χ1) is 5.90. The number of nitriles is 1. The lowest BCUT2D eigenvalue weighted by molar-refractivity contribution is 1.49. The maximum absolute atomic E-state index is 8.61. The maximum atomic E-state index is 8.61. The summed E-state index contributed by atoms with van der Waals surface area (Å²) < 4.78 is 0. The second-order valence-electron chi connectivity index (χ2n) is 2.50. The topological polar surface area (TPSA) is 23.8 Å². The van der Waals surface area contributed by atoms with Crippen molar-refractivity contribution in [2.45, 2.75) is 0 Å². The molecular weight excluding hydrogens is 146 g/mol. The number of hydrogen-bond acceptors (Lipinski definition) is 1. The van der Waals surface area contributed by atoms with E-state index < -0.39 is 0 Å². The molecule has 12 heavy (non-hydrogen) atoms. The van der Waals surface area contributed by atoms with Crippen LogP contribution in [0.1, 0.15) is 5.56 Å². The Balaban J connectivity index is 2.78. The van der Waals surface area contributed by atoms with Gasteiger partial charge in [-0.15, -0.1) is 0 Å². The fraction of sp³-hybridized carbons (Fsp3) is 0. The Hall–Kier alpha value is -1.81. The molecule has 2 rings (SSSR count). The van der Waals surface area contributed by atoms with Crippen LogP contribution in [-0.4, -0.2) is 0 Å². The quantitative estimate of drug-likeness (QED) is 0.566. The first-order valence-corrected chi connectivity index (χ1v) is 3.62. The van der Waals surface area contributed by atoms with Gasteiger partial charge in [0, 0.05) is 6.07 Å². The van der Waals surface area contributed by atoms with Crippen LogP contribution in [0.15, 0.2) is 30.3 Å². The summed E-state index contributed by atoms with van der Waals surface area (Å²) in [5, 5.41) is 10.6. The molecule has 0 amide bonds. The van der Waals surface area contributed by atoms with Gasteiger partial charge in [0.25, 0.3) is 0 Å². The van der Waals surface area contributed by atoms with E-state index in [4.69, 9.17) is 5.26 Å². The first-order valence-electron chi connectivity index (χ1n) is 3.62. The Morgan fingerprint density at radius 2 is 2.17 bits per heavy atom. The lowest BCUT2D eigenvalue weighted by atomic mass is 10.1. The van der Waals surface area contributed by atoms with E-state index >= 15 is 0 Å². The summed E-state index contributed by atoms with van der Waals surface area (Å²) in [6, 6.07) is 17.3. The van der Waals surface area contributed by atoms with Crippen molar-refractivity contribution in [3.05, 3.63) is 48.0 Å². The number of rotatable bonds is 0. The largest absolute Gasteiger partial charge is 0.192 e.